The molecule has 0 aromatic heterocycles. The maximum absolute atomic E-state index is 11.7. The minimum Gasteiger partial charge on any atom is -0.393 e. The van der Waals surface area contributed by atoms with Crippen LogP contribution in [0.5, 0.6) is 0 Å². The molecule has 1 fully saturated rings. The van der Waals surface area contributed by atoms with E-state index in [-0.39, 0.29) is 18.9 Å². The zero-order valence-electron chi connectivity index (χ0n) is 9.43. The van der Waals surface area contributed by atoms with Crippen molar-refractivity contribution in [1.82, 2.24) is 4.90 Å². The van der Waals surface area contributed by atoms with Gasteiger partial charge in [0.25, 0.3) is 0 Å². The third kappa shape index (κ3) is 2.46. The highest BCUT2D eigenvalue weighted by molar-refractivity contribution is 9.09. The van der Waals surface area contributed by atoms with Crippen LogP contribution in [0.3, 0.4) is 0 Å². The van der Waals surface area contributed by atoms with E-state index >= 15 is 0 Å². The first-order valence-corrected chi connectivity index (χ1v) is 6.71. The monoisotopic (exact) mass is 305 g/mol. The Balaban J connectivity index is 2.04. The van der Waals surface area contributed by atoms with Gasteiger partial charge in [0.05, 0.1) is 6.61 Å². The zero-order chi connectivity index (χ0) is 12.5. The van der Waals surface area contributed by atoms with Gasteiger partial charge in [0, 0.05) is 18.3 Å². The van der Waals surface area contributed by atoms with E-state index in [9.17, 15) is 9.90 Å². The molecule has 0 unspecified atom stereocenters. The highest BCUT2D eigenvalue weighted by Gasteiger charge is 2.43. The van der Waals surface area contributed by atoms with Gasteiger partial charge in [-0.15, -0.1) is 0 Å². The Morgan fingerprint density at radius 3 is 3.00 bits per heavy atom. The molecule has 3 N–H and O–H groups in total. The second-order valence-electron chi connectivity index (χ2n) is 4.42. The lowest BCUT2D eigenvalue weighted by molar-refractivity contribution is -0.0995. The van der Waals surface area contributed by atoms with Gasteiger partial charge in [-0.05, 0) is 12.8 Å². The Bertz CT molecular complexity index is 344. The predicted molar refractivity (Wildman–Crippen MR) is 66.1 cm³/mol. The SMILES string of the molecule is NC1=NC(=O)N([C@H]2CC[C@](CO)(CBr)O2)CC1. The smallest absolute Gasteiger partial charge is 0.347 e. The summed E-state index contributed by atoms with van der Waals surface area (Å²) in [6, 6.07) is -0.345. The van der Waals surface area contributed by atoms with Gasteiger partial charge in [-0.3, -0.25) is 4.90 Å². The third-order valence-electron chi connectivity index (χ3n) is 3.21. The molecule has 0 aliphatic carbocycles. The lowest BCUT2D eigenvalue weighted by Crippen LogP contribution is -2.46. The number of aliphatic hydroxyl groups excluding tert-OH is 1. The van der Waals surface area contributed by atoms with Gasteiger partial charge >= 0.3 is 6.03 Å². The lowest BCUT2D eigenvalue weighted by Gasteiger charge is -2.32. The van der Waals surface area contributed by atoms with Crippen molar-refractivity contribution in [3.8, 4) is 0 Å². The molecule has 0 radical (unpaired) electrons. The van der Waals surface area contributed by atoms with E-state index in [4.69, 9.17) is 10.5 Å². The van der Waals surface area contributed by atoms with Crippen LogP contribution in [0.25, 0.3) is 0 Å². The van der Waals surface area contributed by atoms with Crippen molar-refractivity contribution in [2.75, 3.05) is 18.5 Å². The summed E-state index contributed by atoms with van der Waals surface area (Å²) < 4.78 is 5.79. The molecule has 2 rings (SSSR count). The van der Waals surface area contributed by atoms with E-state index in [1.807, 2.05) is 0 Å². The summed E-state index contributed by atoms with van der Waals surface area (Å²) in [7, 11) is 0. The Morgan fingerprint density at radius 1 is 1.71 bits per heavy atom. The molecule has 96 valence electrons. The number of amides is 2. The van der Waals surface area contributed by atoms with Crippen molar-refractivity contribution in [1.29, 1.82) is 0 Å². The number of nitrogens with zero attached hydrogens (tertiary/aromatic N) is 2. The number of urea groups is 1. The van der Waals surface area contributed by atoms with E-state index in [0.717, 1.165) is 6.42 Å². The van der Waals surface area contributed by atoms with Crippen molar-refractivity contribution < 1.29 is 14.6 Å². The molecule has 0 aromatic carbocycles. The number of aliphatic hydroxyl groups is 1. The maximum Gasteiger partial charge on any atom is 0.347 e. The average molecular weight is 306 g/mol. The molecule has 2 aliphatic heterocycles. The topological polar surface area (TPSA) is 88.2 Å². The number of alkyl halides is 1. The second-order valence-corrected chi connectivity index (χ2v) is 4.98. The molecular weight excluding hydrogens is 290 g/mol. The fraction of sp³-hybridized carbons (Fsp3) is 0.800. The molecule has 0 bridgehead atoms. The van der Waals surface area contributed by atoms with Crippen molar-refractivity contribution in [2.24, 2.45) is 10.7 Å². The van der Waals surface area contributed by atoms with Crippen LogP contribution in [0.2, 0.25) is 0 Å². The van der Waals surface area contributed by atoms with E-state index < -0.39 is 5.60 Å². The predicted octanol–water partition coefficient (Wildman–Crippen LogP) is 0.432. The molecule has 6 nitrogen and oxygen atoms in total. The zero-order valence-corrected chi connectivity index (χ0v) is 11.0. The Hall–Kier alpha value is -0.660. The first kappa shape index (κ1) is 12.8. The summed E-state index contributed by atoms with van der Waals surface area (Å²) >= 11 is 3.33. The van der Waals surface area contributed by atoms with E-state index in [1.54, 1.807) is 4.90 Å². The van der Waals surface area contributed by atoms with Crippen molar-refractivity contribution in [2.45, 2.75) is 31.1 Å². The number of carbonyl (C=O) groups is 1. The summed E-state index contributed by atoms with van der Waals surface area (Å²) in [5.41, 5.74) is 4.93. The summed E-state index contributed by atoms with van der Waals surface area (Å²) in [5, 5.41) is 9.89. The van der Waals surface area contributed by atoms with E-state index in [0.29, 0.717) is 30.6 Å². The minimum atomic E-state index is -0.572. The van der Waals surface area contributed by atoms with Crippen LogP contribution < -0.4 is 5.73 Å². The average Bonchev–Trinajstić information content (AvgIpc) is 2.74. The molecule has 2 aliphatic rings. The molecular formula is C10H16BrN3O3. The number of halogens is 1. The highest BCUT2D eigenvalue weighted by Crippen LogP contribution is 2.34. The van der Waals surface area contributed by atoms with Crippen LogP contribution in [0, 0.1) is 0 Å². The minimum absolute atomic E-state index is 0.0534. The molecule has 7 heteroatoms. The van der Waals surface area contributed by atoms with Gasteiger partial charge in [0.1, 0.15) is 17.7 Å². The lowest BCUT2D eigenvalue weighted by atomic mass is 10.0. The van der Waals surface area contributed by atoms with Crippen LogP contribution in [0.15, 0.2) is 4.99 Å². The van der Waals surface area contributed by atoms with E-state index in [1.165, 1.54) is 0 Å². The molecule has 2 amide bonds. The fourth-order valence-corrected chi connectivity index (χ4v) is 2.70. The number of nitrogens with two attached hydrogens (primary N) is 1. The molecule has 17 heavy (non-hydrogen) atoms. The normalized spacial score (nSPS) is 34.0. The van der Waals surface area contributed by atoms with Gasteiger partial charge in [-0.2, -0.15) is 4.99 Å². The number of amidine groups is 1. The van der Waals surface area contributed by atoms with Crippen LogP contribution in [0.1, 0.15) is 19.3 Å². The second kappa shape index (κ2) is 4.91. The quantitative estimate of drug-likeness (QED) is 0.740. The number of hydrogen-bond donors (Lipinski definition) is 2. The number of rotatable bonds is 3. The standard InChI is InChI=1S/C10H16BrN3O3/c11-5-10(6-15)3-1-8(17-10)14-4-2-7(12)13-9(14)16/h8,15H,1-6H2,(H2,12,13,16)/t8-,10-/m1/s1. The Labute approximate surface area is 108 Å². The Kier molecular flexibility index (Phi) is 3.70. The largest absolute Gasteiger partial charge is 0.393 e. The number of hydrogen-bond acceptors (Lipinski definition) is 4. The van der Waals surface area contributed by atoms with Gasteiger partial charge in [0.2, 0.25) is 0 Å². The summed E-state index contributed by atoms with van der Waals surface area (Å²) in [4.78, 5) is 17.0. The van der Waals surface area contributed by atoms with Gasteiger partial charge in [-0.25, -0.2) is 4.79 Å². The first-order valence-electron chi connectivity index (χ1n) is 5.58. The van der Waals surface area contributed by atoms with Crippen LogP contribution in [-0.2, 0) is 4.74 Å². The first-order chi connectivity index (χ1) is 8.10. The summed E-state index contributed by atoms with van der Waals surface area (Å²) in [5.74, 6) is 0.373. The molecule has 2 heterocycles. The summed E-state index contributed by atoms with van der Waals surface area (Å²) in [6.45, 7) is 0.477. The maximum atomic E-state index is 11.7. The molecule has 0 spiro atoms. The van der Waals surface area contributed by atoms with Crippen molar-refractivity contribution >= 4 is 27.8 Å². The number of carbonyl (C=O) groups excluding carboxylic acids is 1. The highest BCUT2D eigenvalue weighted by atomic mass is 79.9. The third-order valence-corrected chi connectivity index (χ3v) is 4.23. The van der Waals surface area contributed by atoms with Crippen LogP contribution in [0.4, 0.5) is 4.79 Å². The molecule has 2 atom stereocenters. The van der Waals surface area contributed by atoms with E-state index in [2.05, 4.69) is 20.9 Å². The molecule has 0 aromatic rings. The van der Waals surface area contributed by atoms with Gasteiger partial charge in [0.15, 0.2) is 0 Å². The fourth-order valence-electron chi connectivity index (χ4n) is 2.11. The Morgan fingerprint density at radius 2 is 2.47 bits per heavy atom. The van der Waals surface area contributed by atoms with Gasteiger partial charge < -0.3 is 15.6 Å². The van der Waals surface area contributed by atoms with Crippen LogP contribution >= 0.6 is 15.9 Å². The van der Waals surface area contributed by atoms with Gasteiger partial charge in [-0.1, -0.05) is 15.9 Å². The number of ether oxygens (including phenoxy) is 1. The van der Waals surface area contributed by atoms with Crippen molar-refractivity contribution in [3.05, 3.63) is 0 Å². The summed E-state index contributed by atoms with van der Waals surface area (Å²) in [6.07, 6.45) is 1.71. The molecule has 0 saturated carbocycles. The van der Waals surface area contributed by atoms with Crippen LogP contribution in [-0.4, -0.2) is 52.2 Å². The number of aliphatic imine (C=N–C) groups is 1. The molecule has 1 saturated heterocycles. The van der Waals surface area contributed by atoms with Crippen molar-refractivity contribution in [3.63, 3.8) is 0 Å².